The van der Waals surface area contributed by atoms with Gasteiger partial charge in [-0.2, -0.15) is 0 Å². The maximum absolute atomic E-state index is 11.8. The molecule has 0 aliphatic carbocycles. The number of aromatic hydroxyl groups is 1. The highest BCUT2D eigenvalue weighted by Gasteiger charge is 2.08. The first-order valence-corrected chi connectivity index (χ1v) is 5.54. The summed E-state index contributed by atoms with van der Waals surface area (Å²) in [5, 5.41) is 9.36. The molecular formula is C11H16N2O5. The lowest BCUT2D eigenvalue weighted by atomic mass is 10.2. The highest BCUT2D eigenvalue weighted by Crippen LogP contribution is 2.07. The molecule has 0 amide bonds. The summed E-state index contributed by atoms with van der Waals surface area (Å²) in [6.45, 7) is 3.39. The third kappa shape index (κ3) is 3.85. The van der Waals surface area contributed by atoms with Crippen LogP contribution in [0.1, 0.15) is 19.4 Å². The van der Waals surface area contributed by atoms with E-state index in [9.17, 15) is 14.7 Å². The molecule has 0 bridgehead atoms. The van der Waals surface area contributed by atoms with Crippen LogP contribution in [0.2, 0.25) is 0 Å². The molecule has 1 heterocycles. The lowest BCUT2D eigenvalue weighted by Crippen LogP contribution is -2.25. The number of nitrogens with zero attached hydrogens (tertiary/aromatic N) is 2. The van der Waals surface area contributed by atoms with Gasteiger partial charge in [-0.05, 0) is 6.42 Å². The number of hydrogen-bond donors (Lipinski definition) is 1. The van der Waals surface area contributed by atoms with Gasteiger partial charge in [0.15, 0.2) is 0 Å². The van der Waals surface area contributed by atoms with Gasteiger partial charge in [-0.1, -0.05) is 6.92 Å². The molecule has 1 rings (SSSR count). The van der Waals surface area contributed by atoms with Crippen LogP contribution >= 0.6 is 0 Å². The van der Waals surface area contributed by atoms with E-state index in [2.05, 4.69) is 9.72 Å². The van der Waals surface area contributed by atoms with E-state index in [0.717, 1.165) is 0 Å². The van der Waals surface area contributed by atoms with Crippen LogP contribution in [0.3, 0.4) is 0 Å². The van der Waals surface area contributed by atoms with E-state index < -0.39 is 0 Å². The second-order valence-corrected chi connectivity index (χ2v) is 3.55. The first-order chi connectivity index (χ1) is 8.56. The van der Waals surface area contributed by atoms with Crippen molar-refractivity contribution in [2.24, 2.45) is 0 Å². The van der Waals surface area contributed by atoms with E-state index >= 15 is 0 Å². The molecule has 0 radical (unpaired) electrons. The third-order valence-electron chi connectivity index (χ3n) is 2.23. The van der Waals surface area contributed by atoms with Crippen molar-refractivity contribution in [2.45, 2.75) is 27.0 Å². The number of rotatable bonds is 6. The summed E-state index contributed by atoms with van der Waals surface area (Å²) in [5.41, 5.74) is -0.0847. The number of carbonyl (C=O) groups excluding carboxylic acids is 1. The number of carbonyl (C=O) groups is 1. The number of ether oxygens (including phenoxy) is 2. The number of aromatic nitrogens is 2. The van der Waals surface area contributed by atoms with Crippen LogP contribution in [0.4, 0.5) is 0 Å². The summed E-state index contributed by atoms with van der Waals surface area (Å²) in [5.74, 6) is -0.631. The molecule has 7 nitrogen and oxygen atoms in total. The van der Waals surface area contributed by atoms with Gasteiger partial charge in [0.05, 0.1) is 12.2 Å². The lowest BCUT2D eigenvalue weighted by molar-refractivity contribution is -0.142. The molecule has 18 heavy (non-hydrogen) atoms. The minimum absolute atomic E-state index is 0.000375. The summed E-state index contributed by atoms with van der Waals surface area (Å²) in [4.78, 5) is 26.0. The SMILES string of the molecule is CCc1c(O)ncn(COCCOC(C)=O)c1=O. The fraction of sp³-hybridized carbons (Fsp3) is 0.545. The zero-order valence-corrected chi connectivity index (χ0v) is 10.4. The van der Waals surface area contributed by atoms with E-state index in [1.165, 1.54) is 17.8 Å². The van der Waals surface area contributed by atoms with Gasteiger partial charge in [0.25, 0.3) is 5.56 Å². The number of esters is 1. The Hall–Kier alpha value is -1.89. The van der Waals surface area contributed by atoms with Crippen LogP contribution in [0.5, 0.6) is 5.88 Å². The molecule has 0 aliphatic heterocycles. The molecular weight excluding hydrogens is 240 g/mol. The van der Waals surface area contributed by atoms with Crippen LogP contribution in [0.15, 0.2) is 11.1 Å². The van der Waals surface area contributed by atoms with Crippen molar-refractivity contribution in [3.05, 3.63) is 22.2 Å². The Labute approximate surface area is 104 Å². The van der Waals surface area contributed by atoms with E-state index in [0.29, 0.717) is 6.42 Å². The predicted molar refractivity (Wildman–Crippen MR) is 62.1 cm³/mol. The summed E-state index contributed by atoms with van der Waals surface area (Å²) >= 11 is 0. The van der Waals surface area contributed by atoms with Crippen molar-refractivity contribution in [1.29, 1.82) is 0 Å². The zero-order chi connectivity index (χ0) is 13.5. The Morgan fingerprint density at radius 2 is 2.22 bits per heavy atom. The lowest BCUT2D eigenvalue weighted by Gasteiger charge is -2.08. The summed E-state index contributed by atoms with van der Waals surface area (Å²) in [6.07, 6.45) is 1.61. The van der Waals surface area contributed by atoms with Crippen LogP contribution in [0.25, 0.3) is 0 Å². The van der Waals surface area contributed by atoms with Gasteiger partial charge in [0.2, 0.25) is 5.88 Å². The average Bonchev–Trinajstić information content (AvgIpc) is 2.31. The van der Waals surface area contributed by atoms with Crippen molar-refractivity contribution >= 4 is 5.97 Å². The smallest absolute Gasteiger partial charge is 0.302 e. The van der Waals surface area contributed by atoms with Crippen molar-refractivity contribution in [3.63, 3.8) is 0 Å². The maximum atomic E-state index is 11.8. The molecule has 0 aliphatic rings. The average molecular weight is 256 g/mol. The fourth-order valence-electron chi connectivity index (χ4n) is 1.33. The van der Waals surface area contributed by atoms with E-state index in [4.69, 9.17) is 4.74 Å². The van der Waals surface area contributed by atoms with Crippen molar-refractivity contribution < 1.29 is 19.4 Å². The quantitative estimate of drug-likeness (QED) is 0.571. The fourth-order valence-corrected chi connectivity index (χ4v) is 1.33. The monoisotopic (exact) mass is 256 g/mol. The molecule has 7 heteroatoms. The maximum Gasteiger partial charge on any atom is 0.302 e. The van der Waals surface area contributed by atoms with Crippen molar-refractivity contribution in [3.8, 4) is 5.88 Å². The minimum Gasteiger partial charge on any atom is -0.493 e. The molecule has 0 atom stereocenters. The Morgan fingerprint density at radius 1 is 1.50 bits per heavy atom. The first kappa shape index (κ1) is 14.2. The predicted octanol–water partition coefficient (Wildman–Crippen LogP) is 0.0485. The van der Waals surface area contributed by atoms with E-state index in [1.807, 2.05) is 0 Å². The molecule has 0 saturated heterocycles. The van der Waals surface area contributed by atoms with Gasteiger partial charge in [0, 0.05) is 6.92 Å². The zero-order valence-electron chi connectivity index (χ0n) is 10.4. The normalized spacial score (nSPS) is 10.3. The van der Waals surface area contributed by atoms with Gasteiger partial charge in [0.1, 0.15) is 19.7 Å². The Balaban J connectivity index is 2.53. The largest absolute Gasteiger partial charge is 0.493 e. The standard InChI is InChI=1S/C11H16N2O5/c1-3-9-10(15)12-6-13(11(9)16)7-17-4-5-18-8(2)14/h6,15H,3-5,7H2,1-2H3. The summed E-state index contributed by atoms with van der Waals surface area (Å²) < 4.78 is 11.1. The summed E-state index contributed by atoms with van der Waals surface area (Å²) in [7, 11) is 0. The number of hydrogen-bond acceptors (Lipinski definition) is 6. The van der Waals surface area contributed by atoms with Gasteiger partial charge < -0.3 is 14.6 Å². The topological polar surface area (TPSA) is 90.7 Å². The Kier molecular flexibility index (Phi) is 5.31. The van der Waals surface area contributed by atoms with Gasteiger partial charge >= 0.3 is 5.97 Å². The third-order valence-corrected chi connectivity index (χ3v) is 2.23. The van der Waals surface area contributed by atoms with Crippen LogP contribution < -0.4 is 5.56 Å². The highest BCUT2D eigenvalue weighted by molar-refractivity contribution is 5.65. The van der Waals surface area contributed by atoms with Gasteiger partial charge in [-0.15, -0.1) is 0 Å². The second-order valence-electron chi connectivity index (χ2n) is 3.55. The molecule has 0 spiro atoms. The molecule has 100 valence electrons. The molecule has 1 aromatic rings. The van der Waals surface area contributed by atoms with Crippen LogP contribution in [-0.2, 0) is 27.4 Å². The molecule has 0 aromatic carbocycles. The van der Waals surface area contributed by atoms with Crippen molar-refractivity contribution in [2.75, 3.05) is 13.2 Å². The molecule has 0 saturated carbocycles. The van der Waals surface area contributed by atoms with E-state index in [1.54, 1.807) is 6.92 Å². The molecule has 1 aromatic heterocycles. The first-order valence-electron chi connectivity index (χ1n) is 5.54. The van der Waals surface area contributed by atoms with E-state index in [-0.39, 0.29) is 42.9 Å². The summed E-state index contributed by atoms with van der Waals surface area (Å²) in [6, 6.07) is 0. The minimum atomic E-state index is -0.379. The molecule has 0 unspecified atom stereocenters. The molecule has 1 N–H and O–H groups in total. The second kappa shape index (κ2) is 6.75. The Morgan fingerprint density at radius 3 is 2.83 bits per heavy atom. The van der Waals surface area contributed by atoms with Gasteiger partial charge in [-0.3, -0.25) is 14.2 Å². The molecule has 0 fully saturated rings. The Bertz CT molecular complexity index is 469. The van der Waals surface area contributed by atoms with Crippen LogP contribution in [0, 0.1) is 0 Å². The highest BCUT2D eigenvalue weighted by atomic mass is 16.6. The van der Waals surface area contributed by atoms with Gasteiger partial charge in [-0.25, -0.2) is 4.98 Å². The van der Waals surface area contributed by atoms with Crippen LogP contribution in [-0.4, -0.2) is 33.8 Å². The van der Waals surface area contributed by atoms with Crippen molar-refractivity contribution in [1.82, 2.24) is 9.55 Å².